The standard InChI is InChI=1S/C30H27F2N3O4S/c1-14-12-30-21(14)10-18(11-25(30)35(30)29-33-23-7-4-16(28(36)37)8-24(23)40-29)38-13-20-26(34-39-27(20)15-2-3-15)19-6-5-17(31)9-22(19)32/h4-9,14-15,18,21,25H,2-3,10-13H2,1H3,(H,36,37)/t14-,18?,21?,25?,30?,35?/m1/s1. The van der Waals surface area contributed by atoms with Crippen LogP contribution in [0.25, 0.3) is 21.5 Å². The van der Waals surface area contributed by atoms with Crippen molar-refractivity contribution in [1.29, 1.82) is 0 Å². The van der Waals surface area contributed by atoms with Crippen LogP contribution in [0.1, 0.15) is 66.6 Å². The number of benzene rings is 2. The molecule has 1 N–H and O–H groups in total. The van der Waals surface area contributed by atoms with E-state index < -0.39 is 17.6 Å². The summed E-state index contributed by atoms with van der Waals surface area (Å²) in [6.07, 6.45) is 4.96. The lowest BCUT2D eigenvalue weighted by molar-refractivity contribution is -0.0354. The summed E-state index contributed by atoms with van der Waals surface area (Å²) in [6, 6.07) is 8.93. The fourth-order valence-electron chi connectivity index (χ4n) is 7.40. The Morgan fingerprint density at radius 2 is 2.08 bits per heavy atom. The maximum Gasteiger partial charge on any atom is 0.335 e. The third-order valence-corrected chi connectivity index (χ3v) is 10.5. The molecule has 1 saturated heterocycles. The minimum atomic E-state index is -0.938. The molecule has 4 aliphatic rings. The molecule has 1 spiro atoms. The molecular weight excluding hydrogens is 536 g/mol. The molecule has 0 radical (unpaired) electrons. The zero-order valence-electron chi connectivity index (χ0n) is 21.8. The van der Waals surface area contributed by atoms with Gasteiger partial charge in [-0.3, -0.25) is 0 Å². The number of anilines is 1. The number of ether oxygens (including phenoxy) is 1. The van der Waals surface area contributed by atoms with E-state index in [9.17, 15) is 18.7 Å². The van der Waals surface area contributed by atoms with E-state index in [2.05, 4.69) is 17.0 Å². The SMILES string of the molecule is C[C@@H]1CC23C1CC(OCc1c(-c4ccc(F)cc4F)noc1C1CC1)CC2N3c1nc2ccc(C(=O)O)cc2s1. The van der Waals surface area contributed by atoms with Crippen molar-refractivity contribution in [3.8, 4) is 11.3 Å². The molecule has 5 atom stereocenters. The quantitative estimate of drug-likeness (QED) is 0.248. The molecule has 4 aromatic rings. The molecule has 8 rings (SSSR count). The largest absolute Gasteiger partial charge is 0.478 e. The van der Waals surface area contributed by atoms with E-state index in [1.165, 1.54) is 12.1 Å². The lowest BCUT2D eigenvalue weighted by Gasteiger charge is -2.48. The Labute approximate surface area is 232 Å². The summed E-state index contributed by atoms with van der Waals surface area (Å²) in [5.74, 6) is -0.146. The number of halogens is 2. The molecule has 0 bridgehead atoms. The van der Waals surface area contributed by atoms with Crippen molar-refractivity contribution in [2.45, 2.75) is 69.2 Å². The Bertz CT molecular complexity index is 1680. The van der Waals surface area contributed by atoms with Crippen LogP contribution >= 0.6 is 11.3 Å². The summed E-state index contributed by atoms with van der Waals surface area (Å²) in [5.41, 5.74) is 2.58. The summed E-state index contributed by atoms with van der Waals surface area (Å²) >= 11 is 1.56. The van der Waals surface area contributed by atoms with Crippen molar-refractivity contribution >= 4 is 32.7 Å². The number of thiazole rings is 1. The Hall–Kier alpha value is -3.37. The van der Waals surface area contributed by atoms with Gasteiger partial charge in [-0.05, 0) is 74.3 Å². The van der Waals surface area contributed by atoms with Crippen molar-refractivity contribution in [1.82, 2.24) is 10.1 Å². The highest BCUT2D eigenvalue weighted by molar-refractivity contribution is 7.22. The maximum absolute atomic E-state index is 14.7. The van der Waals surface area contributed by atoms with Gasteiger partial charge in [0, 0.05) is 23.1 Å². The fourth-order valence-corrected chi connectivity index (χ4v) is 8.54. The average Bonchev–Trinajstić information content (AvgIpc) is 3.79. The Morgan fingerprint density at radius 1 is 1.23 bits per heavy atom. The molecule has 2 aromatic heterocycles. The molecule has 206 valence electrons. The second-order valence-corrected chi connectivity index (χ2v) is 12.8. The van der Waals surface area contributed by atoms with Gasteiger partial charge in [0.15, 0.2) is 5.13 Å². The van der Waals surface area contributed by atoms with Crippen molar-refractivity contribution in [3.05, 3.63) is 64.9 Å². The highest BCUT2D eigenvalue weighted by Crippen LogP contribution is 2.68. The van der Waals surface area contributed by atoms with Gasteiger partial charge in [0.2, 0.25) is 0 Å². The molecule has 3 saturated carbocycles. The summed E-state index contributed by atoms with van der Waals surface area (Å²) in [6.45, 7) is 2.57. The van der Waals surface area contributed by atoms with Crippen molar-refractivity contribution in [3.63, 3.8) is 0 Å². The topological polar surface area (TPSA) is 88.5 Å². The van der Waals surface area contributed by atoms with Crippen LogP contribution in [0.3, 0.4) is 0 Å². The number of nitrogens with zero attached hydrogens (tertiary/aromatic N) is 3. The average molecular weight is 564 g/mol. The number of rotatable bonds is 7. The van der Waals surface area contributed by atoms with Gasteiger partial charge in [-0.25, -0.2) is 18.6 Å². The van der Waals surface area contributed by atoms with Crippen LogP contribution in [-0.2, 0) is 11.3 Å². The van der Waals surface area contributed by atoms with E-state index in [-0.39, 0.29) is 35.3 Å². The molecule has 1 aliphatic heterocycles. The van der Waals surface area contributed by atoms with E-state index in [1.54, 1.807) is 29.5 Å². The molecule has 40 heavy (non-hydrogen) atoms. The maximum atomic E-state index is 14.7. The number of hydrogen-bond acceptors (Lipinski definition) is 7. The first-order chi connectivity index (χ1) is 19.3. The zero-order valence-corrected chi connectivity index (χ0v) is 22.6. The second-order valence-electron chi connectivity index (χ2n) is 11.8. The van der Waals surface area contributed by atoms with Gasteiger partial charge in [0.05, 0.1) is 40.1 Å². The molecular formula is C30H27F2N3O4S. The van der Waals surface area contributed by atoms with Gasteiger partial charge < -0.3 is 19.3 Å². The molecule has 7 nitrogen and oxygen atoms in total. The van der Waals surface area contributed by atoms with E-state index in [4.69, 9.17) is 14.2 Å². The highest BCUT2D eigenvalue weighted by atomic mass is 32.1. The van der Waals surface area contributed by atoms with E-state index >= 15 is 0 Å². The van der Waals surface area contributed by atoms with Crippen LogP contribution in [-0.4, -0.2) is 38.9 Å². The van der Waals surface area contributed by atoms with Gasteiger partial charge in [0.1, 0.15) is 23.1 Å². The van der Waals surface area contributed by atoms with Crippen molar-refractivity contribution in [2.75, 3.05) is 4.90 Å². The Balaban J connectivity index is 1.04. The van der Waals surface area contributed by atoms with Gasteiger partial charge in [-0.2, -0.15) is 0 Å². The first-order valence-corrected chi connectivity index (χ1v) is 14.6. The lowest BCUT2D eigenvalue weighted by Crippen LogP contribution is -2.51. The van der Waals surface area contributed by atoms with Crippen LogP contribution in [0.4, 0.5) is 13.9 Å². The smallest absolute Gasteiger partial charge is 0.335 e. The zero-order chi connectivity index (χ0) is 27.3. The van der Waals surface area contributed by atoms with Crippen LogP contribution in [0.2, 0.25) is 0 Å². The third kappa shape index (κ3) is 3.58. The van der Waals surface area contributed by atoms with E-state index in [0.717, 1.165) is 64.8 Å². The second kappa shape index (κ2) is 8.57. The summed E-state index contributed by atoms with van der Waals surface area (Å²) in [4.78, 5) is 18.8. The molecule has 3 aliphatic carbocycles. The number of fused-ring (bicyclic) bond motifs is 1. The van der Waals surface area contributed by atoms with Crippen molar-refractivity contribution in [2.24, 2.45) is 11.8 Å². The minimum absolute atomic E-state index is 0.0248. The summed E-state index contributed by atoms with van der Waals surface area (Å²) < 4.78 is 41.4. The predicted molar refractivity (Wildman–Crippen MR) is 144 cm³/mol. The van der Waals surface area contributed by atoms with Crippen LogP contribution in [0.5, 0.6) is 0 Å². The molecule has 4 fully saturated rings. The van der Waals surface area contributed by atoms with Crippen molar-refractivity contribution < 1.29 is 27.9 Å². The molecule has 4 unspecified atom stereocenters. The van der Waals surface area contributed by atoms with E-state index in [1.807, 2.05) is 0 Å². The molecule has 3 heterocycles. The number of carboxylic acids is 1. The first-order valence-electron chi connectivity index (χ1n) is 13.8. The number of hydrogen-bond donors (Lipinski definition) is 1. The number of carboxylic acid groups (broad SMARTS) is 1. The van der Waals surface area contributed by atoms with Gasteiger partial charge in [-0.15, -0.1) is 0 Å². The Kier molecular flexibility index (Phi) is 5.23. The lowest BCUT2D eigenvalue weighted by atomic mass is 9.58. The minimum Gasteiger partial charge on any atom is -0.478 e. The fraction of sp³-hybridized carbons (Fsp3) is 0.433. The molecule has 0 amide bonds. The van der Waals surface area contributed by atoms with Crippen LogP contribution in [0, 0.1) is 23.5 Å². The summed E-state index contributed by atoms with van der Waals surface area (Å²) in [5, 5.41) is 14.5. The monoisotopic (exact) mass is 563 g/mol. The Morgan fingerprint density at radius 3 is 2.83 bits per heavy atom. The highest BCUT2D eigenvalue weighted by Gasteiger charge is 2.76. The van der Waals surface area contributed by atoms with Gasteiger partial charge in [-0.1, -0.05) is 23.4 Å². The van der Waals surface area contributed by atoms with Gasteiger partial charge in [0.25, 0.3) is 0 Å². The van der Waals surface area contributed by atoms with Crippen LogP contribution in [0.15, 0.2) is 40.9 Å². The summed E-state index contributed by atoms with van der Waals surface area (Å²) in [7, 11) is 0. The van der Waals surface area contributed by atoms with Gasteiger partial charge >= 0.3 is 5.97 Å². The molecule has 10 heteroatoms. The number of carbonyl (C=O) groups is 1. The molecule has 2 aromatic carbocycles. The number of aromatic nitrogens is 2. The third-order valence-electron chi connectivity index (χ3n) is 9.50. The van der Waals surface area contributed by atoms with E-state index in [0.29, 0.717) is 23.6 Å². The first kappa shape index (κ1) is 24.4. The predicted octanol–water partition coefficient (Wildman–Crippen LogP) is 6.77. The normalized spacial score (nSPS) is 28.7. The number of aromatic carboxylic acids is 1. The van der Waals surface area contributed by atoms with Crippen LogP contribution < -0.4 is 4.90 Å².